The van der Waals surface area contributed by atoms with Crippen LogP contribution in [-0.4, -0.2) is 23.5 Å². The summed E-state index contributed by atoms with van der Waals surface area (Å²) in [7, 11) is 0. The summed E-state index contributed by atoms with van der Waals surface area (Å²) >= 11 is 1.61. The second-order valence-corrected chi connectivity index (χ2v) is 6.66. The van der Waals surface area contributed by atoms with Crippen molar-refractivity contribution >= 4 is 17.2 Å². The largest absolute Gasteiger partial charge is 0.352 e. The van der Waals surface area contributed by atoms with Crippen molar-refractivity contribution in [3.63, 3.8) is 0 Å². The highest BCUT2D eigenvalue weighted by Crippen LogP contribution is 2.15. The zero-order valence-electron chi connectivity index (χ0n) is 13.6. The van der Waals surface area contributed by atoms with Crippen LogP contribution in [0.2, 0.25) is 0 Å². The average molecular weight is 331 g/mol. The molecule has 1 aromatic heterocycles. The first kappa shape index (κ1) is 17.6. The van der Waals surface area contributed by atoms with Crippen LogP contribution < -0.4 is 11.1 Å². The van der Waals surface area contributed by atoms with Crippen molar-refractivity contribution in [2.24, 2.45) is 5.73 Å². The highest BCUT2D eigenvalue weighted by Gasteiger charge is 2.12. The molecule has 0 radical (unpaired) electrons. The van der Waals surface area contributed by atoms with Crippen LogP contribution in [0.3, 0.4) is 0 Å². The molecule has 1 heterocycles. The van der Waals surface area contributed by atoms with E-state index in [-0.39, 0.29) is 11.9 Å². The maximum absolute atomic E-state index is 12.1. The van der Waals surface area contributed by atoms with Crippen LogP contribution in [0.1, 0.15) is 42.5 Å². The molecular formula is C18H25N3OS. The summed E-state index contributed by atoms with van der Waals surface area (Å²) in [6.45, 7) is 2.63. The van der Waals surface area contributed by atoms with Crippen molar-refractivity contribution in [3.8, 4) is 0 Å². The van der Waals surface area contributed by atoms with Gasteiger partial charge < -0.3 is 11.1 Å². The highest BCUT2D eigenvalue weighted by molar-refractivity contribution is 7.09. The Balaban J connectivity index is 1.84. The number of hydrogen-bond donors (Lipinski definition) is 2. The second kappa shape index (κ2) is 9.43. The molecule has 3 N–H and O–H groups in total. The molecular weight excluding hydrogens is 306 g/mol. The van der Waals surface area contributed by atoms with E-state index in [1.807, 2.05) is 23.6 Å². The lowest BCUT2D eigenvalue weighted by atomic mass is 10.1. The minimum absolute atomic E-state index is 0.00751. The summed E-state index contributed by atoms with van der Waals surface area (Å²) in [5, 5.41) is 6.03. The van der Waals surface area contributed by atoms with E-state index in [0.29, 0.717) is 13.0 Å². The number of unbranched alkanes of at least 4 members (excludes halogenated alkanes) is 1. The molecule has 1 aromatic carbocycles. The minimum Gasteiger partial charge on any atom is -0.352 e. The van der Waals surface area contributed by atoms with Crippen LogP contribution in [0.5, 0.6) is 0 Å². The first-order valence-corrected chi connectivity index (χ1v) is 9.05. The molecule has 5 heteroatoms. The molecule has 2 aromatic rings. The van der Waals surface area contributed by atoms with Gasteiger partial charge in [0.1, 0.15) is 0 Å². The number of carbonyl (C=O) groups excluding carboxylic acids is 1. The Morgan fingerprint density at radius 3 is 2.83 bits per heavy atom. The van der Waals surface area contributed by atoms with Gasteiger partial charge in [0.15, 0.2) is 0 Å². The van der Waals surface area contributed by atoms with E-state index in [1.165, 1.54) is 5.56 Å². The van der Waals surface area contributed by atoms with E-state index in [0.717, 1.165) is 36.4 Å². The SMILES string of the molecule is CCCCC(CN)NC(=O)Cc1csc(Cc2ccccc2)n1. The number of nitrogens with zero attached hydrogens (tertiary/aromatic N) is 1. The monoisotopic (exact) mass is 331 g/mol. The second-order valence-electron chi connectivity index (χ2n) is 5.71. The summed E-state index contributed by atoms with van der Waals surface area (Å²) in [6.07, 6.45) is 4.28. The summed E-state index contributed by atoms with van der Waals surface area (Å²) in [4.78, 5) is 16.7. The van der Waals surface area contributed by atoms with E-state index < -0.39 is 0 Å². The number of benzene rings is 1. The van der Waals surface area contributed by atoms with Gasteiger partial charge in [-0.25, -0.2) is 4.98 Å². The first-order valence-electron chi connectivity index (χ1n) is 8.18. The fraction of sp³-hybridized carbons (Fsp3) is 0.444. The van der Waals surface area contributed by atoms with Gasteiger partial charge in [0.2, 0.25) is 5.91 Å². The van der Waals surface area contributed by atoms with Gasteiger partial charge in [-0.05, 0) is 12.0 Å². The molecule has 2 rings (SSSR count). The molecule has 1 amide bonds. The summed E-state index contributed by atoms with van der Waals surface area (Å²) < 4.78 is 0. The quantitative estimate of drug-likeness (QED) is 0.742. The normalized spacial score (nSPS) is 12.1. The Hall–Kier alpha value is -1.72. The van der Waals surface area contributed by atoms with Crippen molar-refractivity contribution < 1.29 is 4.79 Å². The Bertz CT molecular complexity index is 597. The fourth-order valence-electron chi connectivity index (χ4n) is 2.42. The smallest absolute Gasteiger partial charge is 0.226 e. The lowest BCUT2D eigenvalue weighted by Crippen LogP contribution is -2.40. The molecule has 0 fully saturated rings. The van der Waals surface area contributed by atoms with Crippen molar-refractivity contribution in [1.82, 2.24) is 10.3 Å². The van der Waals surface area contributed by atoms with Crippen LogP contribution in [0, 0.1) is 0 Å². The maximum atomic E-state index is 12.1. The van der Waals surface area contributed by atoms with E-state index in [2.05, 4.69) is 29.4 Å². The number of nitrogens with one attached hydrogen (secondary N) is 1. The van der Waals surface area contributed by atoms with Gasteiger partial charge in [0, 0.05) is 24.4 Å². The van der Waals surface area contributed by atoms with Crippen LogP contribution in [0.15, 0.2) is 35.7 Å². The zero-order chi connectivity index (χ0) is 16.5. The highest BCUT2D eigenvalue weighted by atomic mass is 32.1. The summed E-state index contributed by atoms with van der Waals surface area (Å²) in [5.41, 5.74) is 7.79. The molecule has 0 saturated carbocycles. The summed E-state index contributed by atoms with van der Waals surface area (Å²) in [6, 6.07) is 10.3. The van der Waals surface area contributed by atoms with Gasteiger partial charge in [-0.3, -0.25) is 4.79 Å². The molecule has 0 saturated heterocycles. The number of carbonyl (C=O) groups is 1. The van der Waals surface area contributed by atoms with Gasteiger partial charge >= 0.3 is 0 Å². The molecule has 0 bridgehead atoms. The molecule has 0 aliphatic rings. The minimum atomic E-state index is 0.00751. The number of amides is 1. The van der Waals surface area contributed by atoms with Crippen molar-refractivity contribution in [2.45, 2.75) is 45.1 Å². The Labute approximate surface area is 142 Å². The third kappa shape index (κ3) is 6.12. The fourth-order valence-corrected chi connectivity index (χ4v) is 3.25. The van der Waals surface area contributed by atoms with Gasteiger partial charge in [0.05, 0.1) is 17.1 Å². The Morgan fingerprint density at radius 1 is 1.35 bits per heavy atom. The lowest BCUT2D eigenvalue weighted by molar-refractivity contribution is -0.121. The molecule has 4 nitrogen and oxygen atoms in total. The lowest BCUT2D eigenvalue weighted by Gasteiger charge is -2.15. The van der Waals surface area contributed by atoms with Gasteiger partial charge in [-0.2, -0.15) is 0 Å². The van der Waals surface area contributed by atoms with E-state index in [4.69, 9.17) is 5.73 Å². The number of hydrogen-bond acceptors (Lipinski definition) is 4. The predicted molar refractivity (Wildman–Crippen MR) is 95.6 cm³/mol. The summed E-state index contributed by atoms with van der Waals surface area (Å²) in [5.74, 6) is 0.00751. The molecule has 0 spiro atoms. The Kier molecular flexibility index (Phi) is 7.23. The molecule has 1 atom stereocenters. The van der Waals surface area contributed by atoms with E-state index >= 15 is 0 Å². The molecule has 0 aliphatic carbocycles. The van der Waals surface area contributed by atoms with E-state index in [9.17, 15) is 4.79 Å². The zero-order valence-corrected chi connectivity index (χ0v) is 14.4. The molecule has 23 heavy (non-hydrogen) atoms. The van der Waals surface area contributed by atoms with Crippen molar-refractivity contribution in [1.29, 1.82) is 0 Å². The number of nitrogens with two attached hydrogens (primary N) is 1. The first-order chi connectivity index (χ1) is 11.2. The van der Waals surface area contributed by atoms with Crippen LogP contribution in [0.25, 0.3) is 0 Å². The third-order valence-electron chi connectivity index (χ3n) is 3.69. The maximum Gasteiger partial charge on any atom is 0.226 e. The standard InChI is InChI=1S/C18H25N3OS/c1-2-3-9-15(12-19)20-17(22)11-16-13-23-18(21-16)10-14-7-5-4-6-8-14/h4-8,13,15H,2-3,9-12,19H2,1H3,(H,20,22). The van der Waals surface area contributed by atoms with Gasteiger partial charge in [-0.1, -0.05) is 50.1 Å². The number of rotatable bonds is 9. The van der Waals surface area contributed by atoms with Crippen molar-refractivity contribution in [3.05, 3.63) is 52.0 Å². The molecule has 0 aliphatic heterocycles. The number of thiazole rings is 1. The molecule has 1 unspecified atom stereocenters. The van der Waals surface area contributed by atoms with Crippen LogP contribution in [-0.2, 0) is 17.6 Å². The van der Waals surface area contributed by atoms with Gasteiger partial charge in [-0.15, -0.1) is 11.3 Å². The third-order valence-corrected chi connectivity index (χ3v) is 4.59. The molecule has 124 valence electrons. The van der Waals surface area contributed by atoms with E-state index in [1.54, 1.807) is 11.3 Å². The van der Waals surface area contributed by atoms with Crippen LogP contribution >= 0.6 is 11.3 Å². The van der Waals surface area contributed by atoms with Crippen molar-refractivity contribution in [2.75, 3.05) is 6.54 Å². The number of aromatic nitrogens is 1. The van der Waals surface area contributed by atoms with Crippen LogP contribution in [0.4, 0.5) is 0 Å². The van der Waals surface area contributed by atoms with Gasteiger partial charge in [0.25, 0.3) is 0 Å². The average Bonchev–Trinajstić information content (AvgIpc) is 2.99. The predicted octanol–water partition coefficient (Wildman–Crippen LogP) is 2.91. The Morgan fingerprint density at radius 2 is 2.13 bits per heavy atom. The topological polar surface area (TPSA) is 68.0 Å².